The highest BCUT2D eigenvalue weighted by atomic mass is 32.2. The Hall–Kier alpha value is -0.0500. The number of hydrogen-bond acceptors (Lipinski definition) is 2. The van der Waals surface area contributed by atoms with Gasteiger partial charge in [0.05, 0.1) is 11.5 Å². The van der Waals surface area contributed by atoms with Gasteiger partial charge in [0.15, 0.2) is 0 Å². The summed E-state index contributed by atoms with van der Waals surface area (Å²) in [6.45, 7) is 4.49. The van der Waals surface area contributed by atoms with Crippen molar-refractivity contribution < 1.29 is 8.42 Å². The Morgan fingerprint density at radius 3 is 2.21 bits per heavy atom. The molecule has 1 rings (SSSR count). The molecule has 1 aliphatic rings. The van der Waals surface area contributed by atoms with Crippen molar-refractivity contribution in [2.24, 2.45) is 11.8 Å². The predicted molar refractivity (Wildman–Crippen MR) is 60.1 cm³/mol. The molecule has 0 amide bonds. The average molecular weight is 218 g/mol. The van der Waals surface area contributed by atoms with Crippen LogP contribution in [-0.2, 0) is 9.84 Å². The van der Waals surface area contributed by atoms with Gasteiger partial charge in [0, 0.05) is 0 Å². The van der Waals surface area contributed by atoms with Crippen LogP contribution in [0.5, 0.6) is 0 Å². The van der Waals surface area contributed by atoms with Crippen LogP contribution in [0.15, 0.2) is 0 Å². The van der Waals surface area contributed by atoms with Crippen molar-refractivity contribution in [3.63, 3.8) is 0 Å². The summed E-state index contributed by atoms with van der Waals surface area (Å²) in [4.78, 5) is 0. The minimum Gasteiger partial charge on any atom is -0.229 e. The highest BCUT2D eigenvalue weighted by molar-refractivity contribution is 7.91. The molecular weight excluding hydrogens is 196 g/mol. The van der Waals surface area contributed by atoms with E-state index in [1.807, 2.05) is 0 Å². The Labute approximate surface area is 88.0 Å². The van der Waals surface area contributed by atoms with E-state index in [2.05, 4.69) is 13.8 Å². The molecule has 0 bridgehead atoms. The lowest BCUT2D eigenvalue weighted by molar-refractivity contribution is 0.328. The van der Waals surface area contributed by atoms with Gasteiger partial charge in [-0.2, -0.15) is 0 Å². The van der Waals surface area contributed by atoms with Gasteiger partial charge in [0.25, 0.3) is 0 Å². The lowest BCUT2D eigenvalue weighted by atomic mass is 9.87. The average Bonchev–Trinajstić information content (AvgIpc) is 2.15. The molecule has 0 N–H and O–H groups in total. The first kappa shape index (κ1) is 12.0. The third-order valence-corrected chi connectivity index (χ3v) is 5.07. The van der Waals surface area contributed by atoms with Crippen molar-refractivity contribution in [1.29, 1.82) is 0 Å². The third kappa shape index (κ3) is 3.99. The monoisotopic (exact) mass is 218 g/mol. The fourth-order valence-corrected chi connectivity index (χ4v) is 3.66. The maximum absolute atomic E-state index is 11.5. The molecular formula is C11H22O2S. The molecule has 0 aliphatic carbocycles. The Bertz CT molecular complexity index is 254. The topological polar surface area (TPSA) is 34.1 Å². The summed E-state index contributed by atoms with van der Waals surface area (Å²) in [6, 6.07) is 0. The van der Waals surface area contributed by atoms with E-state index in [-0.39, 0.29) is 0 Å². The van der Waals surface area contributed by atoms with Crippen LogP contribution in [-0.4, -0.2) is 19.9 Å². The SMILES string of the molecule is CC(C)C1CCCCS(=O)(=O)CCC1. The van der Waals surface area contributed by atoms with Gasteiger partial charge in [0.2, 0.25) is 0 Å². The van der Waals surface area contributed by atoms with Crippen molar-refractivity contribution in [2.45, 2.75) is 46.0 Å². The summed E-state index contributed by atoms with van der Waals surface area (Å²) in [6.07, 6.45) is 5.13. The molecule has 0 aromatic carbocycles. The van der Waals surface area contributed by atoms with Gasteiger partial charge in [-0.15, -0.1) is 0 Å². The van der Waals surface area contributed by atoms with E-state index in [4.69, 9.17) is 0 Å². The van der Waals surface area contributed by atoms with E-state index in [1.165, 1.54) is 6.42 Å². The maximum atomic E-state index is 11.5. The fourth-order valence-electron chi connectivity index (χ4n) is 2.21. The summed E-state index contributed by atoms with van der Waals surface area (Å²) < 4.78 is 22.9. The van der Waals surface area contributed by atoms with Crippen LogP contribution < -0.4 is 0 Å². The highest BCUT2D eigenvalue weighted by Gasteiger charge is 2.18. The molecule has 0 radical (unpaired) electrons. The Morgan fingerprint density at radius 2 is 1.57 bits per heavy atom. The van der Waals surface area contributed by atoms with Crippen LogP contribution in [0.4, 0.5) is 0 Å². The van der Waals surface area contributed by atoms with Crippen molar-refractivity contribution in [1.82, 2.24) is 0 Å². The van der Waals surface area contributed by atoms with Crippen molar-refractivity contribution in [2.75, 3.05) is 11.5 Å². The van der Waals surface area contributed by atoms with Crippen LogP contribution in [0.1, 0.15) is 46.0 Å². The van der Waals surface area contributed by atoms with E-state index in [0.717, 1.165) is 31.6 Å². The number of rotatable bonds is 1. The zero-order valence-electron chi connectivity index (χ0n) is 9.33. The van der Waals surface area contributed by atoms with Gasteiger partial charge in [-0.1, -0.05) is 26.7 Å². The predicted octanol–water partition coefficient (Wildman–Crippen LogP) is 2.64. The van der Waals surface area contributed by atoms with Gasteiger partial charge >= 0.3 is 0 Å². The Balaban J connectivity index is 2.52. The first-order valence-electron chi connectivity index (χ1n) is 5.72. The third-order valence-electron chi connectivity index (χ3n) is 3.25. The molecule has 1 fully saturated rings. The van der Waals surface area contributed by atoms with Crippen LogP contribution in [0.3, 0.4) is 0 Å². The second-order valence-corrected chi connectivity index (χ2v) is 7.10. The molecule has 84 valence electrons. The van der Waals surface area contributed by atoms with Crippen LogP contribution in [0.2, 0.25) is 0 Å². The van der Waals surface area contributed by atoms with Crippen molar-refractivity contribution in [3.8, 4) is 0 Å². The number of hydrogen-bond donors (Lipinski definition) is 0. The summed E-state index contributed by atoms with van der Waals surface area (Å²) in [5.41, 5.74) is 0. The maximum Gasteiger partial charge on any atom is 0.150 e. The molecule has 1 heterocycles. The quantitative estimate of drug-likeness (QED) is 0.678. The summed E-state index contributed by atoms with van der Waals surface area (Å²) in [5.74, 6) is 2.27. The second kappa shape index (κ2) is 5.15. The molecule has 0 aromatic rings. The number of sulfone groups is 1. The van der Waals surface area contributed by atoms with E-state index < -0.39 is 9.84 Å². The van der Waals surface area contributed by atoms with Crippen LogP contribution in [0.25, 0.3) is 0 Å². The lowest BCUT2D eigenvalue weighted by Crippen LogP contribution is -2.11. The smallest absolute Gasteiger partial charge is 0.150 e. The zero-order valence-corrected chi connectivity index (χ0v) is 10.1. The zero-order chi connectivity index (χ0) is 10.6. The molecule has 1 saturated heterocycles. The molecule has 0 saturated carbocycles. The van der Waals surface area contributed by atoms with Gasteiger partial charge in [0.1, 0.15) is 9.84 Å². The molecule has 1 aliphatic heterocycles. The van der Waals surface area contributed by atoms with E-state index in [9.17, 15) is 8.42 Å². The van der Waals surface area contributed by atoms with Crippen molar-refractivity contribution >= 4 is 9.84 Å². The van der Waals surface area contributed by atoms with E-state index in [0.29, 0.717) is 17.4 Å². The Kier molecular flexibility index (Phi) is 4.42. The van der Waals surface area contributed by atoms with Crippen LogP contribution in [0, 0.1) is 11.8 Å². The highest BCUT2D eigenvalue weighted by Crippen LogP contribution is 2.25. The van der Waals surface area contributed by atoms with E-state index in [1.54, 1.807) is 0 Å². The standard InChI is InChI=1S/C11H22O2S/c1-10(2)11-6-3-4-8-14(12,13)9-5-7-11/h10-11H,3-9H2,1-2H3. The van der Waals surface area contributed by atoms with Crippen molar-refractivity contribution in [3.05, 3.63) is 0 Å². The first-order valence-corrected chi connectivity index (χ1v) is 7.54. The van der Waals surface area contributed by atoms with Gasteiger partial charge < -0.3 is 0 Å². The Morgan fingerprint density at radius 1 is 1.00 bits per heavy atom. The minimum absolute atomic E-state index is 0.413. The summed E-state index contributed by atoms with van der Waals surface area (Å²) >= 11 is 0. The molecule has 3 heteroatoms. The van der Waals surface area contributed by atoms with Gasteiger partial charge in [-0.05, 0) is 31.1 Å². The first-order chi connectivity index (χ1) is 6.51. The lowest BCUT2D eigenvalue weighted by Gasteiger charge is -2.19. The molecule has 1 atom stereocenters. The van der Waals surface area contributed by atoms with Crippen LogP contribution >= 0.6 is 0 Å². The largest absolute Gasteiger partial charge is 0.229 e. The summed E-state index contributed by atoms with van der Waals surface area (Å²) in [5, 5.41) is 0. The second-order valence-electron chi connectivity index (χ2n) is 4.79. The van der Waals surface area contributed by atoms with Gasteiger partial charge in [-0.3, -0.25) is 0 Å². The minimum atomic E-state index is -2.72. The molecule has 14 heavy (non-hydrogen) atoms. The fraction of sp³-hybridized carbons (Fsp3) is 1.00. The molecule has 2 nitrogen and oxygen atoms in total. The molecule has 1 unspecified atom stereocenters. The normalized spacial score (nSPS) is 29.2. The summed E-state index contributed by atoms with van der Waals surface area (Å²) in [7, 11) is -2.72. The van der Waals surface area contributed by atoms with Gasteiger partial charge in [-0.25, -0.2) is 8.42 Å². The molecule has 0 spiro atoms. The van der Waals surface area contributed by atoms with E-state index >= 15 is 0 Å². The molecule has 0 aromatic heterocycles.